The minimum atomic E-state index is -2.94. The number of benzene rings is 1. The number of carbonyl (C=O) groups excluding carboxylic acids is 1. The third kappa shape index (κ3) is 4.86. The summed E-state index contributed by atoms with van der Waals surface area (Å²) in [7, 11) is -2.94. The zero-order valence-corrected chi connectivity index (χ0v) is 16.5. The van der Waals surface area contributed by atoms with Crippen molar-refractivity contribution in [2.24, 2.45) is 0 Å². The van der Waals surface area contributed by atoms with E-state index in [1.54, 1.807) is 12.3 Å². The molecule has 0 radical (unpaired) electrons. The smallest absolute Gasteiger partial charge is 0.270 e. The Morgan fingerprint density at radius 1 is 1.30 bits per heavy atom. The van der Waals surface area contributed by atoms with E-state index in [1.807, 2.05) is 49.1 Å². The van der Waals surface area contributed by atoms with E-state index in [2.05, 4.69) is 10.3 Å². The molecule has 0 bridgehead atoms. The van der Waals surface area contributed by atoms with Crippen LogP contribution in [-0.2, 0) is 16.4 Å². The minimum Gasteiger partial charge on any atom is -0.367 e. The normalized spacial score (nSPS) is 18.2. The second kappa shape index (κ2) is 8.08. The van der Waals surface area contributed by atoms with Gasteiger partial charge in [-0.2, -0.15) is 0 Å². The Balaban J connectivity index is 1.64. The van der Waals surface area contributed by atoms with E-state index in [1.165, 1.54) is 0 Å². The predicted molar refractivity (Wildman–Crippen MR) is 107 cm³/mol. The second-order valence-electron chi connectivity index (χ2n) is 6.92. The molecule has 1 N–H and O–H groups in total. The van der Waals surface area contributed by atoms with Gasteiger partial charge >= 0.3 is 0 Å². The fourth-order valence-electron chi connectivity index (χ4n) is 3.46. The predicted octanol–water partition coefficient (Wildman–Crippen LogP) is 2.33. The molecule has 27 heavy (non-hydrogen) atoms. The van der Waals surface area contributed by atoms with Crippen LogP contribution in [0.1, 0.15) is 35.0 Å². The lowest BCUT2D eigenvalue weighted by Gasteiger charge is -2.28. The van der Waals surface area contributed by atoms with E-state index in [0.29, 0.717) is 25.2 Å². The van der Waals surface area contributed by atoms with Crippen molar-refractivity contribution in [2.45, 2.75) is 32.9 Å². The summed E-state index contributed by atoms with van der Waals surface area (Å²) < 4.78 is 23.5. The average Bonchev–Trinajstić information content (AvgIpc) is 3.00. The van der Waals surface area contributed by atoms with Crippen LogP contribution < -0.4 is 10.2 Å². The van der Waals surface area contributed by atoms with Crippen molar-refractivity contribution < 1.29 is 13.2 Å². The molecule has 1 fully saturated rings. The van der Waals surface area contributed by atoms with Crippen LogP contribution in [0.2, 0.25) is 0 Å². The van der Waals surface area contributed by atoms with Crippen LogP contribution in [0.15, 0.2) is 42.6 Å². The molecule has 1 saturated heterocycles. The minimum absolute atomic E-state index is 0.0252. The number of hydrogen-bond acceptors (Lipinski definition) is 5. The lowest BCUT2D eigenvalue weighted by atomic mass is 10.1. The molecule has 144 valence electrons. The molecule has 1 aliphatic heterocycles. The Hall–Kier alpha value is -2.41. The highest BCUT2D eigenvalue weighted by molar-refractivity contribution is 7.91. The van der Waals surface area contributed by atoms with Gasteiger partial charge in [0.2, 0.25) is 0 Å². The molecule has 2 aromatic rings. The summed E-state index contributed by atoms with van der Waals surface area (Å²) >= 11 is 0. The highest BCUT2D eigenvalue weighted by Gasteiger charge is 2.32. The van der Waals surface area contributed by atoms with Gasteiger partial charge in [0.25, 0.3) is 5.91 Å². The van der Waals surface area contributed by atoms with Gasteiger partial charge in [-0.25, -0.2) is 13.4 Å². The van der Waals surface area contributed by atoms with E-state index in [0.717, 1.165) is 16.8 Å². The summed E-state index contributed by atoms with van der Waals surface area (Å²) in [4.78, 5) is 18.7. The molecule has 0 spiro atoms. The lowest BCUT2D eigenvalue weighted by molar-refractivity contribution is 0.0946. The topological polar surface area (TPSA) is 79.4 Å². The summed E-state index contributed by atoms with van der Waals surface area (Å²) in [6.07, 6.45) is 2.28. The average molecular weight is 388 g/mol. The summed E-state index contributed by atoms with van der Waals surface area (Å²) in [6.45, 7) is 5.15. The van der Waals surface area contributed by atoms with E-state index < -0.39 is 9.84 Å². The maximum Gasteiger partial charge on any atom is 0.270 e. The SMILES string of the molecule is CCN(c1ccc(C(=O)NCc2cccc(C)c2)nc1)C1CCS(=O)(=O)C1. The van der Waals surface area contributed by atoms with Gasteiger partial charge in [0.05, 0.1) is 23.4 Å². The van der Waals surface area contributed by atoms with Gasteiger partial charge in [0, 0.05) is 19.1 Å². The molecule has 0 saturated carbocycles. The van der Waals surface area contributed by atoms with Crippen LogP contribution in [0, 0.1) is 6.92 Å². The third-order valence-electron chi connectivity index (χ3n) is 4.84. The number of aryl methyl sites for hydroxylation is 1. The van der Waals surface area contributed by atoms with Gasteiger partial charge in [0.15, 0.2) is 9.84 Å². The molecule has 1 aromatic heterocycles. The summed E-state index contributed by atoms with van der Waals surface area (Å²) in [6, 6.07) is 11.5. The van der Waals surface area contributed by atoms with Crippen molar-refractivity contribution >= 4 is 21.4 Å². The summed E-state index contributed by atoms with van der Waals surface area (Å²) in [5.41, 5.74) is 3.38. The van der Waals surface area contributed by atoms with Gasteiger partial charge in [-0.05, 0) is 38.0 Å². The van der Waals surface area contributed by atoms with Crippen molar-refractivity contribution in [3.63, 3.8) is 0 Å². The molecular formula is C20H25N3O3S. The molecule has 0 aliphatic carbocycles. The van der Waals surface area contributed by atoms with Crippen LogP contribution in [0.5, 0.6) is 0 Å². The Morgan fingerprint density at radius 3 is 2.70 bits per heavy atom. The Kier molecular flexibility index (Phi) is 5.79. The van der Waals surface area contributed by atoms with E-state index in [4.69, 9.17) is 0 Å². The van der Waals surface area contributed by atoms with Crippen molar-refractivity contribution in [2.75, 3.05) is 23.0 Å². The van der Waals surface area contributed by atoms with E-state index in [9.17, 15) is 13.2 Å². The molecule has 1 atom stereocenters. The first-order valence-electron chi connectivity index (χ1n) is 9.15. The zero-order valence-electron chi connectivity index (χ0n) is 15.7. The van der Waals surface area contributed by atoms with Crippen LogP contribution in [-0.4, -0.2) is 43.4 Å². The molecule has 6 nitrogen and oxygen atoms in total. The first kappa shape index (κ1) is 19.4. The zero-order chi connectivity index (χ0) is 19.4. The lowest BCUT2D eigenvalue weighted by Crippen LogP contribution is -2.36. The first-order valence-corrected chi connectivity index (χ1v) is 11.0. The van der Waals surface area contributed by atoms with Crippen molar-refractivity contribution in [1.82, 2.24) is 10.3 Å². The number of sulfone groups is 1. The van der Waals surface area contributed by atoms with Gasteiger partial charge in [-0.3, -0.25) is 4.79 Å². The molecule has 2 heterocycles. The number of pyridine rings is 1. The highest BCUT2D eigenvalue weighted by atomic mass is 32.2. The fourth-order valence-corrected chi connectivity index (χ4v) is 5.19. The number of rotatable bonds is 6. The maximum atomic E-state index is 12.3. The van der Waals surface area contributed by atoms with E-state index in [-0.39, 0.29) is 23.5 Å². The Labute approximate surface area is 160 Å². The van der Waals surface area contributed by atoms with Crippen molar-refractivity contribution in [3.05, 3.63) is 59.4 Å². The highest BCUT2D eigenvalue weighted by Crippen LogP contribution is 2.23. The number of aromatic nitrogens is 1. The Morgan fingerprint density at radius 2 is 2.11 bits per heavy atom. The second-order valence-corrected chi connectivity index (χ2v) is 9.14. The molecule has 1 aliphatic rings. The first-order chi connectivity index (χ1) is 12.9. The largest absolute Gasteiger partial charge is 0.367 e. The van der Waals surface area contributed by atoms with Crippen LogP contribution in [0.25, 0.3) is 0 Å². The van der Waals surface area contributed by atoms with Crippen LogP contribution in [0.4, 0.5) is 5.69 Å². The standard InChI is InChI=1S/C20H25N3O3S/c1-3-23(18-9-10-27(25,26)14-18)17-7-8-19(21-13-17)20(24)22-12-16-6-4-5-15(2)11-16/h4-8,11,13,18H,3,9-10,12,14H2,1-2H3,(H,22,24). The fraction of sp³-hybridized carbons (Fsp3) is 0.400. The van der Waals surface area contributed by atoms with Gasteiger partial charge in [0.1, 0.15) is 5.69 Å². The molecule has 7 heteroatoms. The molecule has 3 rings (SSSR count). The molecule has 1 unspecified atom stereocenters. The van der Waals surface area contributed by atoms with Crippen molar-refractivity contribution in [1.29, 1.82) is 0 Å². The van der Waals surface area contributed by atoms with Gasteiger partial charge in [-0.15, -0.1) is 0 Å². The van der Waals surface area contributed by atoms with Crippen LogP contribution >= 0.6 is 0 Å². The molecule has 1 aromatic carbocycles. The number of nitrogens with zero attached hydrogens (tertiary/aromatic N) is 2. The number of carbonyl (C=O) groups is 1. The van der Waals surface area contributed by atoms with Crippen molar-refractivity contribution in [3.8, 4) is 0 Å². The molecular weight excluding hydrogens is 362 g/mol. The van der Waals surface area contributed by atoms with E-state index >= 15 is 0 Å². The quantitative estimate of drug-likeness (QED) is 0.823. The van der Waals surface area contributed by atoms with Gasteiger partial charge < -0.3 is 10.2 Å². The number of nitrogens with one attached hydrogen (secondary N) is 1. The number of anilines is 1. The molecule has 1 amide bonds. The summed E-state index contributed by atoms with van der Waals surface area (Å²) in [5.74, 6) is 0.190. The maximum absolute atomic E-state index is 12.3. The van der Waals surface area contributed by atoms with Crippen LogP contribution in [0.3, 0.4) is 0 Å². The van der Waals surface area contributed by atoms with Gasteiger partial charge in [-0.1, -0.05) is 29.8 Å². The monoisotopic (exact) mass is 387 g/mol. The number of amides is 1. The summed E-state index contributed by atoms with van der Waals surface area (Å²) in [5, 5.41) is 2.88. The third-order valence-corrected chi connectivity index (χ3v) is 6.59. The Bertz CT molecular complexity index is 910. The number of hydrogen-bond donors (Lipinski definition) is 1.